The van der Waals surface area contributed by atoms with Gasteiger partial charge >= 0.3 is 6.61 Å². The van der Waals surface area contributed by atoms with Crippen molar-refractivity contribution in [3.8, 4) is 11.5 Å². The number of amides is 1. The van der Waals surface area contributed by atoms with Crippen molar-refractivity contribution in [2.45, 2.75) is 6.61 Å². The molecule has 0 aromatic heterocycles. The molecular formula is C11H10F2N2O3S. The van der Waals surface area contributed by atoms with E-state index in [1.165, 1.54) is 19.2 Å². The molecule has 0 atom stereocenters. The summed E-state index contributed by atoms with van der Waals surface area (Å²) in [6, 6.07) is 4.50. The van der Waals surface area contributed by atoms with Crippen molar-refractivity contribution in [3.63, 3.8) is 0 Å². The molecule has 1 aliphatic heterocycles. The summed E-state index contributed by atoms with van der Waals surface area (Å²) >= 11 is 1.08. The Kier molecular flexibility index (Phi) is 4.20. The van der Waals surface area contributed by atoms with Crippen LogP contribution in [-0.4, -0.2) is 30.4 Å². The Bertz CT molecular complexity index is 523. The van der Waals surface area contributed by atoms with Gasteiger partial charge in [-0.2, -0.15) is 13.9 Å². The Balaban J connectivity index is 2.26. The van der Waals surface area contributed by atoms with Crippen molar-refractivity contribution in [1.29, 1.82) is 0 Å². The van der Waals surface area contributed by atoms with Crippen LogP contribution in [0.25, 0.3) is 0 Å². The number of methoxy groups -OCH3 is 1. The van der Waals surface area contributed by atoms with Crippen LogP contribution in [0.3, 0.4) is 0 Å². The minimum absolute atomic E-state index is 0.0469. The Morgan fingerprint density at radius 3 is 2.79 bits per heavy atom. The van der Waals surface area contributed by atoms with E-state index < -0.39 is 6.61 Å². The topological polar surface area (TPSA) is 59.9 Å². The first kappa shape index (κ1) is 13.6. The molecule has 1 N–H and O–H groups in total. The lowest BCUT2D eigenvalue weighted by molar-refractivity contribution is -0.0512. The van der Waals surface area contributed by atoms with Gasteiger partial charge in [-0.1, -0.05) is 11.8 Å². The fraction of sp³-hybridized carbons (Fsp3) is 0.273. The molecule has 0 saturated heterocycles. The van der Waals surface area contributed by atoms with E-state index in [4.69, 9.17) is 4.74 Å². The Labute approximate surface area is 112 Å². The van der Waals surface area contributed by atoms with Crippen molar-refractivity contribution >= 4 is 22.7 Å². The summed E-state index contributed by atoms with van der Waals surface area (Å²) in [7, 11) is 1.36. The molecule has 19 heavy (non-hydrogen) atoms. The maximum absolute atomic E-state index is 12.2. The van der Waals surface area contributed by atoms with Crippen molar-refractivity contribution in [2.24, 2.45) is 5.10 Å². The van der Waals surface area contributed by atoms with E-state index >= 15 is 0 Å². The van der Waals surface area contributed by atoms with Crippen LogP contribution in [0.4, 0.5) is 13.6 Å². The molecule has 5 nitrogen and oxygen atoms in total. The zero-order valence-corrected chi connectivity index (χ0v) is 10.7. The third kappa shape index (κ3) is 3.34. The molecule has 102 valence electrons. The van der Waals surface area contributed by atoms with Crippen LogP contribution < -0.4 is 14.9 Å². The minimum Gasteiger partial charge on any atom is -0.493 e. The van der Waals surface area contributed by atoms with Crippen LogP contribution in [-0.2, 0) is 0 Å². The number of hydrogen-bond donors (Lipinski definition) is 1. The SMILES string of the molecule is COc1cc(C2=NNC(=O)SC2)ccc1OC(F)F. The summed E-state index contributed by atoms with van der Waals surface area (Å²) in [6.45, 7) is -2.92. The second-order valence-electron chi connectivity index (χ2n) is 3.49. The molecule has 0 fully saturated rings. The number of thioether (sulfide) groups is 1. The van der Waals surface area contributed by atoms with Crippen LogP contribution in [0.5, 0.6) is 11.5 Å². The molecule has 1 aliphatic rings. The smallest absolute Gasteiger partial charge is 0.387 e. The summed E-state index contributed by atoms with van der Waals surface area (Å²) in [6.07, 6.45) is 0. The first-order valence-corrected chi connectivity index (χ1v) is 6.21. The molecule has 1 amide bonds. The van der Waals surface area contributed by atoms with Crippen LogP contribution in [0, 0.1) is 0 Å². The van der Waals surface area contributed by atoms with Gasteiger partial charge in [-0.3, -0.25) is 4.79 Å². The van der Waals surface area contributed by atoms with E-state index in [0.717, 1.165) is 11.8 Å². The lowest BCUT2D eigenvalue weighted by atomic mass is 10.1. The normalized spacial score (nSPS) is 14.9. The van der Waals surface area contributed by atoms with Crippen LogP contribution in [0.1, 0.15) is 5.56 Å². The predicted molar refractivity (Wildman–Crippen MR) is 67.2 cm³/mol. The zero-order valence-electron chi connectivity index (χ0n) is 9.85. The molecule has 0 aliphatic carbocycles. The number of halogens is 2. The van der Waals surface area contributed by atoms with Gasteiger partial charge < -0.3 is 9.47 Å². The third-order valence-electron chi connectivity index (χ3n) is 2.34. The number of nitrogens with zero attached hydrogens (tertiary/aromatic N) is 1. The van der Waals surface area contributed by atoms with E-state index in [1.807, 2.05) is 0 Å². The average Bonchev–Trinajstić information content (AvgIpc) is 2.39. The molecule has 0 spiro atoms. The molecule has 8 heteroatoms. The maximum atomic E-state index is 12.2. The fourth-order valence-electron chi connectivity index (χ4n) is 1.50. The van der Waals surface area contributed by atoms with Gasteiger partial charge in [0.05, 0.1) is 12.8 Å². The number of nitrogens with one attached hydrogen (secondary N) is 1. The van der Waals surface area contributed by atoms with E-state index in [2.05, 4.69) is 15.3 Å². The number of rotatable bonds is 4. The van der Waals surface area contributed by atoms with Crippen molar-refractivity contribution < 1.29 is 23.0 Å². The van der Waals surface area contributed by atoms with Gasteiger partial charge in [-0.15, -0.1) is 0 Å². The van der Waals surface area contributed by atoms with Crippen molar-refractivity contribution in [3.05, 3.63) is 23.8 Å². The highest BCUT2D eigenvalue weighted by Gasteiger charge is 2.17. The summed E-state index contributed by atoms with van der Waals surface area (Å²) in [5.74, 6) is 0.543. The number of carbonyl (C=O) groups is 1. The fourth-order valence-corrected chi connectivity index (χ4v) is 2.11. The Morgan fingerprint density at radius 2 is 2.21 bits per heavy atom. The van der Waals surface area contributed by atoms with Crippen LogP contribution >= 0.6 is 11.8 Å². The molecular weight excluding hydrogens is 278 g/mol. The zero-order chi connectivity index (χ0) is 13.8. The van der Waals surface area contributed by atoms with Crippen molar-refractivity contribution in [1.82, 2.24) is 5.43 Å². The Morgan fingerprint density at radius 1 is 1.42 bits per heavy atom. The first-order valence-electron chi connectivity index (χ1n) is 5.22. The largest absolute Gasteiger partial charge is 0.493 e. The van der Waals surface area contributed by atoms with Gasteiger partial charge in [0, 0.05) is 11.3 Å². The maximum Gasteiger partial charge on any atom is 0.387 e. The van der Waals surface area contributed by atoms with Gasteiger partial charge in [0.2, 0.25) is 0 Å². The van der Waals surface area contributed by atoms with Gasteiger partial charge in [0.25, 0.3) is 5.24 Å². The molecule has 0 saturated carbocycles. The molecule has 0 unspecified atom stereocenters. The number of hydrazone groups is 1. The number of alkyl halides is 2. The quantitative estimate of drug-likeness (QED) is 0.924. The van der Waals surface area contributed by atoms with Crippen LogP contribution in [0.15, 0.2) is 23.3 Å². The van der Waals surface area contributed by atoms with E-state index in [-0.39, 0.29) is 16.7 Å². The monoisotopic (exact) mass is 288 g/mol. The number of benzene rings is 1. The standard InChI is InChI=1S/C11H10F2N2O3S/c1-17-9-4-6(2-3-8(9)18-10(12)13)7-5-19-11(16)15-14-7/h2-4,10H,5H2,1H3,(H,15,16). The highest BCUT2D eigenvalue weighted by molar-refractivity contribution is 8.14. The highest BCUT2D eigenvalue weighted by Crippen LogP contribution is 2.30. The summed E-state index contributed by atoms with van der Waals surface area (Å²) in [4.78, 5) is 11.0. The van der Waals surface area contributed by atoms with Crippen LogP contribution in [0.2, 0.25) is 0 Å². The van der Waals surface area contributed by atoms with E-state index in [1.54, 1.807) is 6.07 Å². The lowest BCUT2D eigenvalue weighted by Crippen LogP contribution is -2.23. The van der Waals surface area contributed by atoms with E-state index in [9.17, 15) is 13.6 Å². The summed E-state index contributed by atoms with van der Waals surface area (Å²) in [5.41, 5.74) is 3.64. The average molecular weight is 288 g/mol. The van der Waals surface area contributed by atoms with Gasteiger partial charge in [-0.25, -0.2) is 5.43 Å². The summed E-state index contributed by atoms with van der Waals surface area (Å²) in [5, 5.41) is 3.67. The number of carbonyl (C=O) groups excluding carboxylic acids is 1. The number of ether oxygens (including phenoxy) is 2. The predicted octanol–water partition coefficient (Wildman–Crippen LogP) is 2.46. The first-order chi connectivity index (χ1) is 9.10. The van der Waals surface area contributed by atoms with Crippen molar-refractivity contribution in [2.75, 3.05) is 12.9 Å². The van der Waals surface area contributed by atoms with E-state index in [0.29, 0.717) is 17.0 Å². The molecule has 2 rings (SSSR count). The van der Waals surface area contributed by atoms with Gasteiger partial charge in [0.15, 0.2) is 11.5 Å². The lowest BCUT2D eigenvalue weighted by Gasteiger charge is -2.14. The molecule has 1 aromatic rings. The third-order valence-corrected chi connectivity index (χ3v) is 3.11. The van der Waals surface area contributed by atoms with Gasteiger partial charge in [-0.05, 0) is 18.2 Å². The molecule has 1 heterocycles. The highest BCUT2D eigenvalue weighted by atomic mass is 32.2. The van der Waals surface area contributed by atoms with Gasteiger partial charge in [0.1, 0.15) is 0 Å². The Hall–Kier alpha value is -1.83. The number of hydrogen-bond acceptors (Lipinski definition) is 5. The minimum atomic E-state index is -2.92. The summed E-state index contributed by atoms with van der Waals surface area (Å²) < 4.78 is 33.7. The molecule has 1 aromatic carbocycles. The second-order valence-corrected chi connectivity index (χ2v) is 4.44. The molecule has 0 radical (unpaired) electrons. The second kappa shape index (κ2) is 5.87. The molecule has 0 bridgehead atoms.